The quantitative estimate of drug-likeness (QED) is 0.813. The van der Waals surface area contributed by atoms with Crippen molar-refractivity contribution in [2.45, 2.75) is 38.7 Å². The van der Waals surface area contributed by atoms with Crippen molar-refractivity contribution < 1.29 is 13.2 Å². The summed E-state index contributed by atoms with van der Waals surface area (Å²) in [5.74, 6) is 0.344. The van der Waals surface area contributed by atoms with Crippen LogP contribution in [0.3, 0.4) is 0 Å². The van der Waals surface area contributed by atoms with Crippen LogP contribution in [0.1, 0.15) is 27.7 Å². The molecule has 2 N–H and O–H groups in total. The molecule has 0 aliphatic heterocycles. The summed E-state index contributed by atoms with van der Waals surface area (Å²) >= 11 is 0. The lowest BCUT2D eigenvalue weighted by Crippen LogP contribution is -2.31. The fourth-order valence-corrected chi connectivity index (χ4v) is 3.39. The lowest BCUT2D eigenvalue weighted by Gasteiger charge is -2.21. The van der Waals surface area contributed by atoms with E-state index in [2.05, 4.69) is 0 Å². The highest BCUT2D eigenvalue weighted by Gasteiger charge is 2.26. The Bertz CT molecular complexity index is 523. The van der Waals surface area contributed by atoms with Crippen LogP contribution < -0.4 is 10.5 Å². The van der Waals surface area contributed by atoms with Gasteiger partial charge in [0.15, 0.2) is 0 Å². The predicted molar refractivity (Wildman–Crippen MR) is 76.7 cm³/mol. The largest absolute Gasteiger partial charge is 0.490 e. The van der Waals surface area contributed by atoms with E-state index in [0.717, 1.165) is 0 Å². The zero-order valence-electron chi connectivity index (χ0n) is 11.9. The second-order valence-corrected chi connectivity index (χ2v) is 6.37. The second kappa shape index (κ2) is 6.25. The first kappa shape index (κ1) is 15.8. The zero-order valence-corrected chi connectivity index (χ0v) is 12.7. The molecule has 0 spiro atoms. The Morgan fingerprint density at radius 3 is 2.32 bits per heavy atom. The number of nitrogen functional groups attached to an aromatic ring is 1. The summed E-state index contributed by atoms with van der Waals surface area (Å²) in [7, 11) is -3.57. The van der Waals surface area contributed by atoms with E-state index >= 15 is 0 Å². The van der Waals surface area contributed by atoms with Crippen LogP contribution in [0.5, 0.6) is 5.75 Å². The highest BCUT2D eigenvalue weighted by molar-refractivity contribution is 7.89. The number of hydrogen-bond donors (Lipinski definition) is 1. The van der Waals surface area contributed by atoms with Gasteiger partial charge in [-0.25, -0.2) is 8.42 Å². The zero-order chi connectivity index (χ0) is 14.6. The molecule has 108 valence electrons. The molecule has 1 rings (SSSR count). The molecule has 0 aromatic heterocycles. The average Bonchev–Trinajstić information content (AvgIpc) is 2.32. The molecule has 0 fully saturated rings. The van der Waals surface area contributed by atoms with Crippen LogP contribution in [0.2, 0.25) is 0 Å². The van der Waals surface area contributed by atoms with Gasteiger partial charge < -0.3 is 10.5 Å². The summed E-state index contributed by atoms with van der Waals surface area (Å²) in [6.07, 6.45) is -0.103. The first-order valence-corrected chi connectivity index (χ1v) is 7.83. The minimum atomic E-state index is -3.57. The summed E-state index contributed by atoms with van der Waals surface area (Å²) in [5.41, 5.74) is 6.10. The SMILES string of the molecule is CCN(CC)S(=O)(=O)c1cc(N)ccc1OC(C)C. The van der Waals surface area contributed by atoms with Crippen molar-refractivity contribution in [1.82, 2.24) is 4.31 Å². The van der Waals surface area contributed by atoms with E-state index in [9.17, 15) is 8.42 Å². The molecule has 0 atom stereocenters. The number of rotatable bonds is 6. The third-order valence-electron chi connectivity index (χ3n) is 2.65. The Balaban J connectivity index is 3.35. The Labute approximate surface area is 115 Å². The molecule has 0 aliphatic carbocycles. The van der Waals surface area contributed by atoms with Gasteiger partial charge in [-0.05, 0) is 32.0 Å². The van der Waals surface area contributed by atoms with Gasteiger partial charge in [0, 0.05) is 18.8 Å². The van der Waals surface area contributed by atoms with Crippen molar-refractivity contribution in [2.24, 2.45) is 0 Å². The van der Waals surface area contributed by atoms with E-state index in [-0.39, 0.29) is 11.0 Å². The molecule has 0 saturated carbocycles. The number of benzene rings is 1. The van der Waals surface area contributed by atoms with Crippen molar-refractivity contribution in [3.63, 3.8) is 0 Å². The van der Waals surface area contributed by atoms with E-state index in [1.807, 2.05) is 13.8 Å². The highest BCUT2D eigenvalue weighted by Crippen LogP contribution is 2.29. The lowest BCUT2D eigenvalue weighted by atomic mass is 10.3. The number of anilines is 1. The van der Waals surface area contributed by atoms with E-state index in [0.29, 0.717) is 24.5 Å². The molecule has 0 saturated heterocycles. The Morgan fingerprint density at radius 1 is 1.26 bits per heavy atom. The first-order valence-electron chi connectivity index (χ1n) is 6.39. The van der Waals surface area contributed by atoms with Gasteiger partial charge in [-0.2, -0.15) is 4.31 Å². The van der Waals surface area contributed by atoms with Gasteiger partial charge in [0.05, 0.1) is 6.10 Å². The van der Waals surface area contributed by atoms with E-state index in [1.54, 1.807) is 26.0 Å². The fourth-order valence-electron chi connectivity index (χ4n) is 1.78. The van der Waals surface area contributed by atoms with Gasteiger partial charge >= 0.3 is 0 Å². The van der Waals surface area contributed by atoms with Gasteiger partial charge in [-0.3, -0.25) is 0 Å². The minimum Gasteiger partial charge on any atom is -0.490 e. The molecule has 0 heterocycles. The maximum absolute atomic E-state index is 12.5. The van der Waals surface area contributed by atoms with Gasteiger partial charge in [0.2, 0.25) is 10.0 Å². The van der Waals surface area contributed by atoms with Crippen LogP contribution in [0, 0.1) is 0 Å². The highest BCUT2D eigenvalue weighted by atomic mass is 32.2. The summed E-state index contributed by atoms with van der Waals surface area (Å²) in [6, 6.07) is 4.69. The molecule has 0 radical (unpaired) electrons. The van der Waals surface area contributed by atoms with Crippen LogP contribution in [-0.2, 0) is 10.0 Å². The van der Waals surface area contributed by atoms with Crippen LogP contribution >= 0.6 is 0 Å². The first-order chi connectivity index (χ1) is 8.82. The predicted octanol–water partition coefficient (Wildman–Crippen LogP) is 2.09. The molecule has 0 unspecified atom stereocenters. The maximum atomic E-state index is 12.5. The number of nitrogens with two attached hydrogens (primary N) is 1. The molecule has 0 aliphatic rings. The minimum absolute atomic E-state index is 0.103. The van der Waals surface area contributed by atoms with E-state index in [1.165, 1.54) is 10.4 Å². The number of ether oxygens (including phenoxy) is 1. The molecular formula is C13H22N2O3S. The van der Waals surface area contributed by atoms with Crippen molar-refractivity contribution in [2.75, 3.05) is 18.8 Å². The van der Waals surface area contributed by atoms with E-state index < -0.39 is 10.0 Å². The molecule has 19 heavy (non-hydrogen) atoms. The molecule has 0 bridgehead atoms. The van der Waals surface area contributed by atoms with Gasteiger partial charge in [0.25, 0.3) is 0 Å². The molecule has 5 nitrogen and oxygen atoms in total. The van der Waals surface area contributed by atoms with Crippen molar-refractivity contribution in [1.29, 1.82) is 0 Å². The number of hydrogen-bond acceptors (Lipinski definition) is 4. The van der Waals surface area contributed by atoms with Crippen LogP contribution in [0.4, 0.5) is 5.69 Å². The monoisotopic (exact) mass is 286 g/mol. The lowest BCUT2D eigenvalue weighted by molar-refractivity contribution is 0.235. The van der Waals surface area contributed by atoms with Crippen molar-refractivity contribution in [3.8, 4) is 5.75 Å². The van der Waals surface area contributed by atoms with Gasteiger partial charge in [-0.15, -0.1) is 0 Å². The number of nitrogens with zero attached hydrogens (tertiary/aromatic N) is 1. The maximum Gasteiger partial charge on any atom is 0.246 e. The van der Waals surface area contributed by atoms with Gasteiger partial charge in [0.1, 0.15) is 10.6 Å². The molecule has 0 amide bonds. The molecular weight excluding hydrogens is 264 g/mol. The topological polar surface area (TPSA) is 72.6 Å². The van der Waals surface area contributed by atoms with Crippen molar-refractivity contribution in [3.05, 3.63) is 18.2 Å². The summed E-state index contributed by atoms with van der Waals surface area (Å²) < 4.78 is 32.0. The summed E-state index contributed by atoms with van der Waals surface area (Å²) in [5, 5.41) is 0. The van der Waals surface area contributed by atoms with Crippen LogP contribution in [-0.4, -0.2) is 31.9 Å². The summed E-state index contributed by atoms with van der Waals surface area (Å²) in [6.45, 7) is 8.13. The van der Waals surface area contributed by atoms with E-state index in [4.69, 9.17) is 10.5 Å². The Morgan fingerprint density at radius 2 is 1.84 bits per heavy atom. The molecule has 1 aromatic carbocycles. The Kier molecular flexibility index (Phi) is 5.20. The normalized spacial score (nSPS) is 12.1. The molecule has 1 aromatic rings. The van der Waals surface area contributed by atoms with Crippen molar-refractivity contribution >= 4 is 15.7 Å². The van der Waals surface area contributed by atoms with Crippen LogP contribution in [0.25, 0.3) is 0 Å². The third-order valence-corrected chi connectivity index (χ3v) is 4.72. The average molecular weight is 286 g/mol. The third kappa shape index (κ3) is 3.61. The number of sulfonamides is 1. The fraction of sp³-hybridized carbons (Fsp3) is 0.538. The Hall–Kier alpha value is -1.27. The van der Waals surface area contributed by atoms with Crippen LogP contribution in [0.15, 0.2) is 23.1 Å². The molecule has 6 heteroatoms. The smallest absolute Gasteiger partial charge is 0.246 e. The summed E-state index contributed by atoms with van der Waals surface area (Å²) in [4.78, 5) is 0.130. The second-order valence-electron chi connectivity index (χ2n) is 4.46. The standard InChI is InChI=1S/C13H22N2O3S/c1-5-15(6-2)19(16,17)13-9-11(14)7-8-12(13)18-10(3)4/h7-10H,5-6,14H2,1-4H3. The van der Waals surface area contributed by atoms with Gasteiger partial charge in [-0.1, -0.05) is 13.8 Å².